The Bertz CT molecular complexity index is 610. The lowest BCUT2D eigenvalue weighted by Crippen LogP contribution is -2.37. The Balaban J connectivity index is 2.15. The van der Waals surface area contributed by atoms with Crippen molar-refractivity contribution in [2.45, 2.75) is 36.3 Å². The molecule has 1 N–H and O–H groups in total. The maximum Gasteiger partial charge on any atom is 0.305 e. The zero-order chi connectivity index (χ0) is 15.6. The van der Waals surface area contributed by atoms with Crippen LogP contribution in [0.3, 0.4) is 0 Å². The molecule has 0 radical (unpaired) electrons. The molecule has 0 aliphatic carbocycles. The number of anilines is 1. The summed E-state index contributed by atoms with van der Waals surface area (Å²) in [5.74, 6) is -0.640. The van der Waals surface area contributed by atoms with Crippen molar-refractivity contribution in [2.24, 2.45) is 0 Å². The van der Waals surface area contributed by atoms with E-state index in [0.29, 0.717) is 11.3 Å². The molecule has 0 bridgehead atoms. The maximum atomic E-state index is 12.0. The Morgan fingerprint density at radius 1 is 1.29 bits per heavy atom. The van der Waals surface area contributed by atoms with Gasteiger partial charge in [-0.15, -0.1) is 11.8 Å². The molecule has 1 aromatic rings. The van der Waals surface area contributed by atoms with E-state index >= 15 is 0 Å². The summed E-state index contributed by atoms with van der Waals surface area (Å²) in [6.07, 6.45) is 0.151. The first kappa shape index (κ1) is 15.6. The van der Waals surface area contributed by atoms with Gasteiger partial charge >= 0.3 is 5.97 Å². The fraction of sp³-hybridized carbons (Fsp3) is 0.400. The molecule has 1 heterocycles. The highest BCUT2D eigenvalue weighted by Crippen LogP contribution is 2.42. The summed E-state index contributed by atoms with van der Waals surface area (Å²) in [7, 11) is 1.29. The summed E-state index contributed by atoms with van der Waals surface area (Å²) < 4.78 is 3.99. The molecule has 1 amide bonds. The van der Waals surface area contributed by atoms with Crippen molar-refractivity contribution >= 4 is 35.1 Å². The molecule has 5 nitrogen and oxygen atoms in total. The first-order valence-electron chi connectivity index (χ1n) is 6.58. The Kier molecular flexibility index (Phi) is 4.37. The summed E-state index contributed by atoms with van der Waals surface area (Å²) in [5, 5.41) is 2.82. The predicted molar refractivity (Wildman–Crippen MR) is 80.6 cm³/mol. The fourth-order valence-corrected chi connectivity index (χ4v) is 3.00. The van der Waals surface area contributed by atoms with E-state index in [9.17, 15) is 14.4 Å². The lowest BCUT2D eigenvalue weighted by molar-refractivity contribution is -0.140. The average Bonchev–Trinajstić information content (AvgIpc) is 2.44. The standard InChI is InChI=1S/C15H17NO4S/c1-15(2)14(19)16-10-8-9(4-6-12(10)21-15)11(17)5-7-13(18)20-3/h4,6,8H,5,7H2,1-3H3,(H,16,19). The van der Waals surface area contributed by atoms with E-state index in [0.717, 1.165) is 4.90 Å². The van der Waals surface area contributed by atoms with Gasteiger partial charge in [0, 0.05) is 16.9 Å². The quantitative estimate of drug-likeness (QED) is 0.684. The average molecular weight is 307 g/mol. The number of thioether (sulfide) groups is 1. The number of carbonyl (C=O) groups excluding carboxylic acids is 3. The third-order valence-electron chi connectivity index (χ3n) is 3.25. The second-order valence-corrected chi connectivity index (χ2v) is 6.94. The molecule has 0 atom stereocenters. The Labute approximate surface area is 127 Å². The Morgan fingerprint density at radius 3 is 2.67 bits per heavy atom. The molecule has 0 aromatic heterocycles. The van der Waals surface area contributed by atoms with Crippen molar-refractivity contribution in [2.75, 3.05) is 12.4 Å². The number of nitrogens with one attached hydrogen (secondary N) is 1. The number of carbonyl (C=O) groups is 3. The minimum atomic E-state index is -0.524. The Morgan fingerprint density at radius 2 is 2.00 bits per heavy atom. The summed E-state index contributed by atoms with van der Waals surface area (Å²) in [6.45, 7) is 3.71. The lowest BCUT2D eigenvalue weighted by atomic mass is 10.1. The molecule has 21 heavy (non-hydrogen) atoms. The van der Waals surface area contributed by atoms with Gasteiger partial charge in [0.2, 0.25) is 5.91 Å². The van der Waals surface area contributed by atoms with E-state index in [1.807, 2.05) is 19.9 Å². The molecule has 2 rings (SSSR count). The van der Waals surface area contributed by atoms with Gasteiger partial charge in [0.15, 0.2) is 5.78 Å². The van der Waals surface area contributed by atoms with Gasteiger partial charge in [-0.05, 0) is 26.0 Å². The number of methoxy groups -OCH3 is 1. The predicted octanol–water partition coefficient (Wildman–Crippen LogP) is 2.65. The highest BCUT2D eigenvalue weighted by molar-refractivity contribution is 8.01. The minimum Gasteiger partial charge on any atom is -0.469 e. The van der Waals surface area contributed by atoms with Crippen molar-refractivity contribution in [3.63, 3.8) is 0 Å². The van der Waals surface area contributed by atoms with E-state index in [1.54, 1.807) is 12.1 Å². The minimum absolute atomic E-state index is 0.0561. The topological polar surface area (TPSA) is 72.5 Å². The largest absolute Gasteiger partial charge is 0.469 e. The molecule has 1 aliphatic rings. The van der Waals surface area contributed by atoms with Crippen LogP contribution in [0, 0.1) is 0 Å². The molecule has 0 saturated carbocycles. The first-order chi connectivity index (χ1) is 9.83. The third kappa shape index (κ3) is 3.44. The third-order valence-corrected chi connectivity index (χ3v) is 4.52. The zero-order valence-corrected chi connectivity index (χ0v) is 13.0. The van der Waals surface area contributed by atoms with Crippen LogP contribution in [-0.2, 0) is 14.3 Å². The van der Waals surface area contributed by atoms with Gasteiger partial charge < -0.3 is 10.1 Å². The summed E-state index contributed by atoms with van der Waals surface area (Å²) in [5.41, 5.74) is 1.13. The molecular formula is C15H17NO4S. The summed E-state index contributed by atoms with van der Waals surface area (Å²) in [6, 6.07) is 5.21. The van der Waals surface area contributed by atoms with E-state index in [2.05, 4.69) is 10.1 Å². The van der Waals surface area contributed by atoms with Gasteiger partial charge in [-0.2, -0.15) is 0 Å². The van der Waals surface area contributed by atoms with E-state index in [1.165, 1.54) is 18.9 Å². The number of hydrogen-bond acceptors (Lipinski definition) is 5. The normalized spacial score (nSPS) is 15.9. The number of rotatable bonds is 4. The van der Waals surface area contributed by atoms with Crippen molar-refractivity contribution in [3.8, 4) is 0 Å². The van der Waals surface area contributed by atoms with Crippen LogP contribution >= 0.6 is 11.8 Å². The maximum absolute atomic E-state index is 12.0. The van der Waals surface area contributed by atoms with Gasteiger partial charge in [0.1, 0.15) is 0 Å². The second-order valence-electron chi connectivity index (χ2n) is 5.28. The van der Waals surface area contributed by atoms with Crippen molar-refractivity contribution in [1.82, 2.24) is 0 Å². The van der Waals surface area contributed by atoms with Gasteiger partial charge in [-0.25, -0.2) is 0 Å². The van der Waals surface area contributed by atoms with Crippen LogP contribution in [0.2, 0.25) is 0 Å². The van der Waals surface area contributed by atoms with E-state index in [4.69, 9.17) is 0 Å². The number of benzene rings is 1. The molecule has 112 valence electrons. The molecular weight excluding hydrogens is 290 g/mol. The van der Waals surface area contributed by atoms with Gasteiger partial charge in [0.05, 0.1) is 24.0 Å². The van der Waals surface area contributed by atoms with Gasteiger partial charge in [-0.1, -0.05) is 6.07 Å². The molecule has 6 heteroatoms. The van der Waals surface area contributed by atoms with Crippen molar-refractivity contribution in [1.29, 1.82) is 0 Å². The summed E-state index contributed by atoms with van der Waals surface area (Å²) >= 11 is 1.47. The highest BCUT2D eigenvalue weighted by atomic mass is 32.2. The number of amides is 1. The number of ether oxygens (including phenoxy) is 1. The van der Waals surface area contributed by atoms with Gasteiger partial charge in [-0.3, -0.25) is 14.4 Å². The number of fused-ring (bicyclic) bond motifs is 1. The second kappa shape index (κ2) is 5.89. The Hall–Kier alpha value is -1.82. The SMILES string of the molecule is COC(=O)CCC(=O)c1ccc2c(c1)NC(=O)C(C)(C)S2. The number of esters is 1. The van der Waals surface area contributed by atoms with Crippen LogP contribution in [0.25, 0.3) is 0 Å². The van der Waals surface area contributed by atoms with E-state index in [-0.39, 0.29) is 24.5 Å². The number of ketones is 1. The molecule has 0 unspecified atom stereocenters. The molecule has 1 aliphatic heterocycles. The van der Waals surface area contributed by atoms with Crippen molar-refractivity contribution < 1.29 is 19.1 Å². The van der Waals surface area contributed by atoms with E-state index < -0.39 is 10.7 Å². The smallest absolute Gasteiger partial charge is 0.305 e. The van der Waals surface area contributed by atoms with Gasteiger partial charge in [0.25, 0.3) is 0 Å². The van der Waals surface area contributed by atoms with Crippen molar-refractivity contribution in [3.05, 3.63) is 23.8 Å². The first-order valence-corrected chi connectivity index (χ1v) is 7.39. The van der Waals surface area contributed by atoms with Crippen LogP contribution in [0.4, 0.5) is 5.69 Å². The molecule has 1 aromatic carbocycles. The fourth-order valence-electron chi connectivity index (χ4n) is 1.95. The highest BCUT2D eigenvalue weighted by Gasteiger charge is 2.34. The van der Waals surface area contributed by atoms with Crippen LogP contribution < -0.4 is 5.32 Å². The zero-order valence-electron chi connectivity index (χ0n) is 12.2. The monoisotopic (exact) mass is 307 g/mol. The van der Waals surface area contributed by atoms with Crippen LogP contribution in [0.15, 0.2) is 23.1 Å². The molecule has 0 saturated heterocycles. The number of Topliss-reactive ketones (excluding diaryl/α,β-unsaturated/α-hetero) is 1. The summed E-state index contributed by atoms with van der Waals surface area (Å²) in [4.78, 5) is 36.0. The number of hydrogen-bond donors (Lipinski definition) is 1. The van der Waals surface area contributed by atoms with Crippen LogP contribution in [0.1, 0.15) is 37.0 Å². The molecule has 0 spiro atoms. The lowest BCUT2D eigenvalue weighted by Gasteiger charge is -2.29. The molecule has 0 fully saturated rings. The van der Waals surface area contributed by atoms with Crippen LogP contribution in [-0.4, -0.2) is 29.5 Å². The van der Waals surface area contributed by atoms with Crippen LogP contribution in [0.5, 0.6) is 0 Å².